The quantitative estimate of drug-likeness (QED) is 0.460. The van der Waals surface area contributed by atoms with Crippen LogP contribution >= 0.6 is 11.9 Å². The molecule has 5 heteroatoms. The van der Waals surface area contributed by atoms with Gasteiger partial charge in [-0.05, 0) is 66.6 Å². The van der Waals surface area contributed by atoms with Gasteiger partial charge in [0.2, 0.25) is 5.91 Å². The molecule has 3 N–H and O–H groups in total. The number of rotatable bonds is 4. The first-order valence-corrected chi connectivity index (χ1v) is 8.11. The van der Waals surface area contributed by atoms with Crippen LogP contribution in [0.1, 0.15) is 17.5 Å². The lowest BCUT2D eigenvalue weighted by Gasteiger charge is -2.23. The van der Waals surface area contributed by atoms with Gasteiger partial charge in [-0.2, -0.15) is 0 Å². The van der Waals surface area contributed by atoms with Crippen LogP contribution in [0.4, 0.5) is 5.69 Å². The SMILES string of the molecule is O=C(NO)C1CCc2ccc(NSc3ccccc3)cc2C1. The van der Waals surface area contributed by atoms with Gasteiger partial charge in [0.25, 0.3) is 0 Å². The Bertz CT molecular complexity index is 661. The van der Waals surface area contributed by atoms with Gasteiger partial charge in [0.1, 0.15) is 0 Å². The summed E-state index contributed by atoms with van der Waals surface area (Å²) in [4.78, 5) is 12.7. The van der Waals surface area contributed by atoms with Crippen LogP contribution in [0, 0.1) is 5.92 Å². The topological polar surface area (TPSA) is 61.4 Å². The van der Waals surface area contributed by atoms with E-state index in [0.29, 0.717) is 6.42 Å². The molecule has 0 bridgehead atoms. The first-order valence-electron chi connectivity index (χ1n) is 7.30. The zero-order valence-electron chi connectivity index (χ0n) is 12.1. The molecule has 1 aliphatic carbocycles. The van der Waals surface area contributed by atoms with Crippen molar-refractivity contribution >= 4 is 23.5 Å². The average molecular weight is 314 g/mol. The second-order valence-corrected chi connectivity index (χ2v) is 6.30. The zero-order chi connectivity index (χ0) is 15.4. The maximum atomic E-state index is 11.6. The number of anilines is 1. The minimum atomic E-state index is -0.289. The third-order valence-electron chi connectivity index (χ3n) is 3.95. The van der Waals surface area contributed by atoms with Crippen molar-refractivity contribution in [2.75, 3.05) is 4.72 Å². The average Bonchev–Trinajstić information content (AvgIpc) is 2.59. The number of fused-ring (bicyclic) bond motifs is 1. The molecule has 0 aromatic heterocycles. The fourth-order valence-electron chi connectivity index (χ4n) is 2.74. The molecule has 0 radical (unpaired) electrons. The van der Waals surface area contributed by atoms with Crippen molar-refractivity contribution < 1.29 is 10.0 Å². The number of amides is 1. The van der Waals surface area contributed by atoms with Gasteiger partial charge in [0, 0.05) is 16.5 Å². The van der Waals surface area contributed by atoms with Crippen LogP contribution in [0.2, 0.25) is 0 Å². The minimum absolute atomic E-state index is 0.144. The lowest BCUT2D eigenvalue weighted by molar-refractivity contribution is -0.133. The minimum Gasteiger partial charge on any atom is -0.326 e. The van der Waals surface area contributed by atoms with E-state index in [1.807, 2.05) is 18.2 Å². The van der Waals surface area contributed by atoms with Gasteiger partial charge in [0.15, 0.2) is 0 Å². The zero-order valence-corrected chi connectivity index (χ0v) is 12.9. The standard InChI is InChI=1S/C17H18N2O2S/c20-17(18-21)13-7-6-12-8-9-15(11-14(12)10-13)19-22-16-4-2-1-3-5-16/h1-5,8-9,11,13,19,21H,6-7,10H2,(H,18,20). The fourth-order valence-corrected chi connectivity index (χ4v) is 3.40. The number of carbonyl (C=O) groups is 1. The predicted molar refractivity (Wildman–Crippen MR) is 87.8 cm³/mol. The number of carbonyl (C=O) groups excluding carboxylic acids is 1. The Morgan fingerprint density at radius 3 is 2.73 bits per heavy atom. The predicted octanol–water partition coefficient (Wildman–Crippen LogP) is 3.42. The lowest BCUT2D eigenvalue weighted by Crippen LogP contribution is -2.31. The van der Waals surface area contributed by atoms with Crippen molar-refractivity contribution in [3.63, 3.8) is 0 Å². The van der Waals surface area contributed by atoms with Crippen molar-refractivity contribution in [3.05, 3.63) is 59.7 Å². The summed E-state index contributed by atoms with van der Waals surface area (Å²) in [5.74, 6) is -0.433. The van der Waals surface area contributed by atoms with Crippen LogP contribution < -0.4 is 10.2 Å². The first kappa shape index (κ1) is 14.9. The molecule has 4 nitrogen and oxygen atoms in total. The van der Waals surface area contributed by atoms with Gasteiger partial charge < -0.3 is 4.72 Å². The van der Waals surface area contributed by atoms with E-state index in [1.165, 1.54) is 11.1 Å². The van der Waals surface area contributed by atoms with Gasteiger partial charge in [-0.25, -0.2) is 5.48 Å². The molecule has 22 heavy (non-hydrogen) atoms. The summed E-state index contributed by atoms with van der Waals surface area (Å²) in [7, 11) is 0. The van der Waals surface area contributed by atoms with E-state index in [4.69, 9.17) is 5.21 Å². The molecule has 1 amide bonds. The molecule has 1 atom stereocenters. The molecule has 3 rings (SSSR count). The molecule has 2 aromatic rings. The Hall–Kier alpha value is -1.98. The number of hydrogen-bond donors (Lipinski definition) is 3. The van der Waals surface area contributed by atoms with E-state index in [1.54, 1.807) is 17.4 Å². The highest BCUT2D eigenvalue weighted by Gasteiger charge is 2.24. The maximum Gasteiger partial charge on any atom is 0.246 e. The lowest BCUT2D eigenvalue weighted by atomic mass is 9.83. The van der Waals surface area contributed by atoms with Gasteiger partial charge in [-0.15, -0.1) is 0 Å². The second-order valence-electron chi connectivity index (χ2n) is 5.42. The van der Waals surface area contributed by atoms with Crippen LogP contribution in [-0.2, 0) is 17.6 Å². The molecule has 1 aliphatic rings. The molecular formula is C17H18N2O2S. The number of benzene rings is 2. The van der Waals surface area contributed by atoms with E-state index in [0.717, 1.165) is 23.4 Å². The molecule has 0 saturated carbocycles. The molecule has 0 saturated heterocycles. The van der Waals surface area contributed by atoms with Gasteiger partial charge >= 0.3 is 0 Å². The van der Waals surface area contributed by atoms with Crippen molar-refractivity contribution in [3.8, 4) is 0 Å². The van der Waals surface area contributed by atoms with Crippen LogP contribution in [0.5, 0.6) is 0 Å². The van der Waals surface area contributed by atoms with Crippen LogP contribution in [0.15, 0.2) is 53.4 Å². The van der Waals surface area contributed by atoms with Crippen molar-refractivity contribution in [1.29, 1.82) is 0 Å². The smallest absolute Gasteiger partial charge is 0.246 e. The van der Waals surface area contributed by atoms with E-state index in [-0.39, 0.29) is 11.8 Å². The molecule has 0 heterocycles. The summed E-state index contributed by atoms with van der Waals surface area (Å²) < 4.78 is 3.34. The molecule has 0 aliphatic heterocycles. The first-order chi connectivity index (χ1) is 10.8. The second kappa shape index (κ2) is 6.85. The van der Waals surface area contributed by atoms with E-state index >= 15 is 0 Å². The maximum absolute atomic E-state index is 11.6. The fraction of sp³-hybridized carbons (Fsp3) is 0.235. The van der Waals surface area contributed by atoms with Crippen molar-refractivity contribution in [2.24, 2.45) is 5.92 Å². The van der Waals surface area contributed by atoms with Gasteiger partial charge in [-0.3, -0.25) is 10.0 Å². The monoisotopic (exact) mass is 314 g/mol. The highest BCUT2D eigenvalue weighted by molar-refractivity contribution is 8.00. The molecular weight excluding hydrogens is 296 g/mol. The van der Waals surface area contributed by atoms with E-state index < -0.39 is 0 Å². The third kappa shape index (κ3) is 3.43. The normalized spacial score (nSPS) is 16.7. The molecule has 114 valence electrons. The molecule has 0 spiro atoms. The summed E-state index contributed by atoms with van der Waals surface area (Å²) in [5.41, 5.74) is 5.26. The number of aryl methyl sites for hydroxylation is 1. The number of hydrogen-bond acceptors (Lipinski definition) is 4. The Kier molecular flexibility index (Phi) is 4.65. The summed E-state index contributed by atoms with van der Waals surface area (Å²) in [6, 6.07) is 16.4. The van der Waals surface area contributed by atoms with E-state index in [2.05, 4.69) is 35.1 Å². The van der Waals surface area contributed by atoms with Crippen LogP contribution in [-0.4, -0.2) is 11.1 Å². The summed E-state index contributed by atoms with van der Waals surface area (Å²) in [6.07, 6.45) is 2.33. The Morgan fingerprint density at radius 1 is 1.14 bits per heavy atom. The Morgan fingerprint density at radius 2 is 1.95 bits per heavy atom. The third-order valence-corrected chi connectivity index (χ3v) is 4.79. The molecule has 1 unspecified atom stereocenters. The number of hydroxylamine groups is 1. The Labute approximate surface area is 134 Å². The molecule has 2 aromatic carbocycles. The molecule has 0 fully saturated rings. The summed E-state index contributed by atoms with van der Waals surface area (Å²) >= 11 is 1.57. The Balaban J connectivity index is 1.69. The van der Waals surface area contributed by atoms with Crippen LogP contribution in [0.3, 0.4) is 0 Å². The highest BCUT2D eigenvalue weighted by atomic mass is 32.2. The summed E-state index contributed by atoms with van der Waals surface area (Å²) in [5, 5.41) is 8.78. The van der Waals surface area contributed by atoms with Crippen molar-refractivity contribution in [2.45, 2.75) is 24.2 Å². The highest BCUT2D eigenvalue weighted by Crippen LogP contribution is 2.29. The van der Waals surface area contributed by atoms with E-state index in [9.17, 15) is 4.79 Å². The number of nitrogens with one attached hydrogen (secondary N) is 2. The largest absolute Gasteiger partial charge is 0.326 e. The van der Waals surface area contributed by atoms with Crippen molar-refractivity contribution in [1.82, 2.24) is 5.48 Å². The van der Waals surface area contributed by atoms with Gasteiger partial charge in [-0.1, -0.05) is 24.3 Å². The summed E-state index contributed by atoms with van der Waals surface area (Å²) in [6.45, 7) is 0. The van der Waals surface area contributed by atoms with Gasteiger partial charge in [0.05, 0.1) is 0 Å². The van der Waals surface area contributed by atoms with Crippen LogP contribution in [0.25, 0.3) is 0 Å².